The van der Waals surface area contributed by atoms with Crippen LogP contribution in [-0.4, -0.2) is 163 Å². The van der Waals surface area contributed by atoms with E-state index < -0.39 is 111 Å². The van der Waals surface area contributed by atoms with Gasteiger partial charge in [0.15, 0.2) is 12.6 Å². The summed E-state index contributed by atoms with van der Waals surface area (Å²) in [6.45, 7) is 4.36. The highest BCUT2D eigenvalue weighted by atomic mass is 16.7. The molecule has 2 rings (SSSR count). The summed E-state index contributed by atoms with van der Waals surface area (Å²) in [7, 11) is 0. The minimum atomic E-state index is -1.83. The maximum Gasteiger partial charge on any atom is 0.217 e. The van der Waals surface area contributed by atoms with Crippen molar-refractivity contribution < 1.29 is 74.8 Å². The van der Waals surface area contributed by atoms with Crippen molar-refractivity contribution >= 4 is 5.91 Å². The molecule has 2 aliphatic heterocycles. The molecule has 40 heavy (non-hydrogen) atoms. The van der Waals surface area contributed by atoms with E-state index in [-0.39, 0.29) is 11.8 Å². The Balaban J connectivity index is 2.14. The Bertz CT molecular complexity index is 782. The second kappa shape index (κ2) is 14.9. The fourth-order valence-corrected chi connectivity index (χ4v) is 4.60. The van der Waals surface area contributed by atoms with Crippen molar-refractivity contribution in [2.75, 3.05) is 19.8 Å². The van der Waals surface area contributed by atoms with Crippen molar-refractivity contribution in [2.45, 2.75) is 120 Å². The van der Waals surface area contributed by atoms with Gasteiger partial charge in [-0.1, -0.05) is 20.8 Å². The van der Waals surface area contributed by atoms with E-state index in [4.69, 9.17) is 18.9 Å². The summed E-state index contributed by atoms with van der Waals surface area (Å²) in [6, 6.07) is -1.39. The molecule has 2 heterocycles. The van der Waals surface area contributed by atoms with E-state index in [1.165, 1.54) is 0 Å². The van der Waals surface area contributed by atoms with Crippen LogP contribution in [0.4, 0.5) is 0 Å². The van der Waals surface area contributed by atoms with Crippen LogP contribution in [0, 0.1) is 5.41 Å². The summed E-state index contributed by atoms with van der Waals surface area (Å²) >= 11 is 0. The zero-order valence-electron chi connectivity index (χ0n) is 22.9. The molecule has 236 valence electrons. The van der Waals surface area contributed by atoms with Gasteiger partial charge in [0, 0.05) is 6.92 Å². The molecule has 11 N–H and O–H groups in total. The number of hydrogen-bond acceptors (Lipinski definition) is 15. The number of hydrogen-bond donors (Lipinski definition) is 11. The zero-order valence-corrected chi connectivity index (χ0v) is 22.9. The third kappa shape index (κ3) is 8.95. The summed E-state index contributed by atoms with van der Waals surface area (Å²) in [4.78, 5) is 11.9. The van der Waals surface area contributed by atoms with Gasteiger partial charge in [-0.15, -0.1) is 0 Å². The number of aliphatic hydroxyl groups is 10. The molecule has 16 nitrogen and oxygen atoms in total. The van der Waals surface area contributed by atoms with E-state index in [0.717, 1.165) is 6.92 Å². The smallest absolute Gasteiger partial charge is 0.217 e. The van der Waals surface area contributed by atoms with Gasteiger partial charge in [-0.3, -0.25) is 4.79 Å². The van der Waals surface area contributed by atoms with Crippen LogP contribution in [0.15, 0.2) is 0 Å². The molecule has 0 aromatic carbocycles. The van der Waals surface area contributed by atoms with Crippen molar-refractivity contribution in [3.8, 4) is 0 Å². The van der Waals surface area contributed by atoms with E-state index in [2.05, 4.69) is 5.32 Å². The quantitative estimate of drug-likeness (QED) is 0.102. The van der Waals surface area contributed by atoms with Gasteiger partial charge in [0.2, 0.25) is 5.91 Å². The van der Waals surface area contributed by atoms with E-state index >= 15 is 0 Å². The molecule has 0 radical (unpaired) electrons. The Labute approximate surface area is 231 Å². The lowest BCUT2D eigenvalue weighted by atomic mass is 9.86. The molecular weight excluding hydrogens is 542 g/mol. The van der Waals surface area contributed by atoms with E-state index in [0.29, 0.717) is 0 Å². The van der Waals surface area contributed by atoms with Crippen LogP contribution in [0.1, 0.15) is 34.1 Å². The molecule has 2 saturated heterocycles. The molecule has 0 saturated carbocycles. The topological polar surface area (TPSA) is 268 Å². The molecule has 0 bridgehead atoms. The summed E-state index contributed by atoms with van der Waals surface area (Å²) in [5.74, 6) is -0.642. The van der Waals surface area contributed by atoms with Crippen LogP contribution in [0.3, 0.4) is 0 Å². The molecular formula is C24H45NO15. The summed E-state index contributed by atoms with van der Waals surface area (Å²) in [6.07, 6.45) is -20.9. The van der Waals surface area contributed by atoms with Crippen molar-refractivity contribution in [1.29, 1.82) is 0 Å². The normalized spacial score (nSPS) is 38.4. The van der Waals surface area contributed by atoms with Gasteiger partial charge in [0.25, 0.3) is 0 Å². The van der Waals surface area contributed by atoms with E-state index in [9.17, 15) is 55.9 Å². The van der Waals surface area contributed by atoms with Crippen LogP contribution in [0.25, 0.3) is 0 Å². The molecule has 14 atom stereocenters. The molecule has 0 aliphatic carbocycles. The Morgan fingerprint density at radius 3 is 1.90 bits per heavy atom. The average Bonchev–Trinajstić information content (AvgIpc) is 2.87. The molecule has 2 fully saturated rings. The predicted molar refractivity (Wildman–Crippen MR) is 132 cm³/mol. The van der Waals surface area contributed by atoms with E-state index in [1.54, 1.807) is 0 Å². The van der Waals surface area contributed by atoms with Gasteiger partial charge in [-0.05, 0) is 11.8 Å². The third-order valence-corrected chi connectivity index (χ3v) is 6.75. The van der Waals surface area contributed by atoms with E-state index in [1.807, 2.05) is 20.8 Å². The molecule has 16 heteroatoms. The molecule has 1 amide bonds. The molecule has 0 unspecified atom stereocenters. The van der Waals surface area contributed by atoms with Crippen LogP contribution >= 0.6 is 0 Å². The zero-order chi connectivity index (χ0) is 30.5. The van der Waals surface area contributed by atoms with Crippen molar-refractivity contribution in [3.63, 3.8) is 0 Å². The number of ether oxygens (including phenoxy) is 4. The maximum atomic E-state index is 11.9. The SMILES string of the molecule is CC(=O)N[C@H]1[C@H](OC[C@@H](O)[C@H](O)[C@H](O)[C@@H](O)CC(C)(C)C)O[C@H](CO)[C@@H](O[C@@H]2O[C@H](CO)[C@@H](O)[C@H](O)[C@H]2O)[C@@H]1O. The highest BCUT2D eigenvalue weighted by molar-refractivity contribution is 5.73. The summed E-state index contributed by atoms with van der Waals surface area (Å²) in [5.41, 5.74) is -0.382. The van der Waals surface area contributed by atoms with Crippen LogP contribution in [-0.2, 0) is 23.7 Å². The second-order valence-electron chi connectivity index (χ2n) is 11.5. The first-order valence-corrected chi connectivity index (χ1v) is 13.0. The standard InChI is InChI=1S/C24H45NO15/c1-9(28)25-14-18(34)21(40-23-20(36)19(35)17(33)12(6-26)38-23)13(7-27)39-22(14)37-8-11(30)16(32)15(31)10(29)5-24(2,3)4/h10-23,26-27,29-36H,5-8H2,1-4H3,(H,25,28)/t10-,11+,12+,13+,14+,15+,16-,17+,18+,19-,20+,21+,22+,23-/m0/s1. The molecule has 0 aromatic rings. The van der Waals surface area contributed by atoms with Crippen LogP contribution in [0.5, 0.6) is 0 Å². The van der Waals surface area contributed by atoms with Crippen molar-refractivity contribution in [1.82, 2.24) is 5.32 Å². The number of nitrogens with one attached hydrogen (secondary N) is 1. The first-order chi connectivity index (χ1) is 18.5. The van der Waals surface area contributed by atoms with Gasteiger partial charge < -0.3 is 75.3 Å². The van der Waals surface area contributed by atoms with Gasteiger partial charge >= 0.3 is 0 Å². The fraction of sp³-hybridized carbons (Fsp3) is 0.958. The lowest BCUT2D eigenvalue weighted by Gasteiger charge is -2.47. The van der Waals surface area contributed by atoms with Gasteiger partial charge in [-0.25, -0.2) is 0 Å². The van der Waals surface area contributed by atoms with Crippen LogP contribution < -0.4 is 5.32 Å². The Hall–Kier alpha value is -1.09. The number of amides is 1. The van der Waals surface area contributed by atoms with Crippen LogP contribution in [0.2, 0.25) is 0 Å². The highest BCUT2D eigenvalue weighted by Crippen LogP contribution is 2.30. The lowest BCUT2D eigenvalue weighted by molar-refractivity contribution is -0.349. The maximum absolute atomic E-state index is 11.9. The molecule has 0 spiro atoms. The second-order valence-corrected chi connectivity index (χ2v) is 11.5. The largest absolute Gasteiger partial charge is 0.394 e. The number of rotatable bonds is 12. The highest BCUT2D eigenvalue weighted by Gasteiger charge is 2.51. The minimum absolute atomic E-state index is 0.120. The lowest BCUT2D eigenvalue weighted by Crippen LogP contribution is -2.67. The Morgan fingerprint density at radius 1 is 0.825 bits per heavy atom. The van der Waals surface area contributed by atoms with Gasteiger partial charge in [-0.2, -0.15) is 0 Å². The Morgan fingerprint density at radius 2 is 1.38 bits per heavy atom. The number of carbonyl (C=O) groups excluding carboxylic acids is 1. The van der Waals surface area contributed by atoms with Crippen molar-refractivity contribution in [3.05, 3.63) is 0 Å². The fourth-order valence-electron chi connectivity index (χ4n) is 4.60. The predicted octanol–water partition coefficient (Wildman–Crippen LogP) is -5.35. The third-order valence-electron chi connectivity index (χ3n) is 6.75. The summed E-state index contributed by atoms with van der Waals surface area (Å²) < 4.78 is 22.0. The average molecular weight is 588 g/mol. The first-order valence-electron chi connectivity index (χ1n) is 13.0. The monoisotopic (exact) mass is 587 g/mol. The number of aliphatic hydroxyl groups excluding tert-OH is 10. The van der Waals surface area contributed by atoms with Gasteiger partial charge in [0.05, 0.1) is 25.9 Å². The summed E-state index contributed by atoms with van der Waals surface area (Å²) in [5, 5.41) is 104. The minimum Gasteiger partial charge on any atom is -0.394 e. The van der Waals surface area contributed by atoms with Gasteiger partial charge in [0.1, 0.15) is 67.1 Å². The molecule has 2 aliphatic rings. The number of carbonyl (C=O) groups is 1. The first kappa shape index (κ1) is 35.1. The Kier molecular flexibility index (Phi) is 13.1. The van der Waals surface area contributed by atoms with Crippen molar-refractivity contribution in [2.24, 2.45) is 5.41 Å². The molecule has 0 aromatic heterocycles.